The monoisotopic (exact) mass is 490 g/mol. The molecule has 1 aliphatic carbocycles. The number of hydrogen-bond donors (Lipinski definition) is 2. The van der Waals surface area contributed by atoms with Crippen LogP contribution in [0.4, 0.5) is 0 Å². The van der Waals surface area contributed by atoms with Gasteiger partial charge in [0.15, 0.2) is 0 Å². The van der Waals surface area contributed by atoms with Crippen LogP contribution in [-0.4, -0.2) is 27.0 Å². The molecule has 35 heavy (non-hydrogen) atoms. The third-order valence-electron chi connectivity index (χ3n) is 7.24. The Labute approximate surface area is 211 Å². The summed E-state index contributed by atoms with van der Waals surface area (Å²) in [5.74, 6) is -0.519. The molecule has 1 saturated carbocycles. The molecule has 1 atom stereocenters. The fraction of sp³-hybridized carbons (Fsp3) is 0.345. The lowest BCUT2D eigenvalue weighted by Crippen LogP contribution is -2.20. The first kappa shape index (κ1) is 24.9. The third kappa shape index (κ3) is 5.91. The van der Waals surface area contributed by atoms with Crippen LogP contribution in [0.15, 0.2) is 65.9 Å². The van der Waals surface area contributed by atoms with Gasteiger partial charge in [-0.05, 0) is 92.0 Å². The lowest BCUT2D eigenvalue weighted by atomic mass is 9.78. The van der Waals surface area contributed by atoms with Crippen LogP contribution >= 0.6 is 11.6 Å². The van der Waals surface area contributed by atoms with E-state index in [-0.39, 0.29) is 11.8 Å². The number of pyridine rings is 1. The van der Waals surface area contributed by atoms with Crippen molar-refractivity contribution in [1.82, 2.24) is 4.98 Å². The van der Waals surface area contributed by atoms with Crippen molar-refractivity contribution in [2.75, 3.05) is 0 Å². The standard InChI is InChI=1S/C29H31ClN2O3/c1-18-15-25(30)11-12-26(18)27(17-28(32-35)24-13-14-31-19(2)16-24)22-7-3-20(4-8-22)21-5-9-23(10-6-21)29(33)34/h3-4,7-8,11-16,21,23,27,35H,5-6,9-10,17H2,1-2H3,(H,33,34)/b32-28-. The summed E-state index contributed by atoms with van der Waals surface area (Å²) in [7, 11) is 0. The van der Waals surface area contributed by atoms with Gasteiger partial charge in [0.2, 0.25) is 0 Å². The van der Waals surface area contributed by atoms with Gasteiger partial charge in [-0.25, -0.2) is 0 Å². The molecular weight excluding hydrogens is 460 g/mol. The second-order valence-electron chi connectivity index (χ2n) is 9.54. The van der Waals surface area contributed by atoms with E-state index in [1.54, 1.807) is 6.20 Å². The molecule has 0 radical (unpaired) electrons. The number of carboxylic acids is 1. The maximum absolute atomic E-state index is 11.3. The van der Waals surface area contributed by atoms with Crippen LogP contribution < -0.4 is 0 Å². The van der Waals surface area contributed by atoms with Gasteiger partial charge in [0.05, 0.1) is 11.6 Å². The molecule has 2 aromatic carbocycles. The van der Waals surface area contributed by atoms with Gasteiger partial charge in [0.25, 0.3) is 0 Å². The van der Waals surface area contributed by atoms with Gasteiger partial charge in [-0.3, -0.25) is 9.78 Å². The number of halogens is 1. The Balaban J connectivity index is 1.63. The number of aliphatic carboxylic acids is 1. The first-order valence-corrected chi connectivity index (χ1v) is 12.5. The highest BCUT2D eigenvalue weighted by atomic mass is 35.5. The van der Waals surface area contributed by atoms with Crippen LogP contribution in [-0.2, 0) is 4.79 Å². The minimum Gasteiger partial charge on any atom is -0.481 e. The second kappa shape index (κ2) is 11.0. The predicted molar refractivity (Wildman–Crippen MR) is 139 cm³/mol. The van der Waals surface area contributed by atoms with Gasteiger partial charge in [-0.2, -0.15) is 0 Å². The Kier molecular flexibility index (Phi) is 7.86. The number of aryl methyl sites for hydroxylation is 2. The summed E-state index contributed by atoms with van der Waals surface area (Å²) < 4.78 is 0. The SMILES string of the molecule is Cc1cc(/C(CC(c2ccc(C3CCC(C(=O)O)CC3)cc2)c2ccc(Cl)cc2C)=N\O)ccn1. The molecule has 182 valence electrons. The smallest absolute Gasteiger partial charge is 0.306 e. The highest BCUT2D eigenvalue weighted by Crippen LogP contribution is 2.38. The van der Waals surface area contributed by atoms with Crippen LogP contribution in [0.25, 0.3) is 0 Å². The number of aromatic nitrogens is 1. The van der Waals surface area contributed by atoms with Crippen LogP contribution in [0, 0.1) is 19.8 Å². The van der Waals surface area contributed by atoms with E-state index in [1.807, 2.05) is 31.2 Å². The van der Waals surface area contributed by atoms with Gasteiger partial charge in [0, 0.05) is 34.8 Å². The number of benzene rings is 2. The van der Waals surface area contributed by atoms with Crippen molar-refractivity contribution >= 4 is 23.3 Å². The van der Waals surface area contributed by atoms with E-state index in [1.165, 1.54) is 5.56 Å². The van der Waals surface area contributed by atoms with E-state index in [9.17, 15) is 15.1 Å². The summed E-state index contributed by atoms with van der Waals surface area (Å²) in [5.41, 5.74) is 6.92. The average Bonchev–Trinajstić information content (AvgIpc) is 2.86. The molecule has 0 aliphatic heterocycles. The van der Waals surface area contributed by atoms with Gasteiger partial charge >= 0.3 is 5.97 Å². The Bertz CT molecular complexity index is 1210. The zero-order valence-electron chi connectivity index (χ0n) is 20.1. The van der Waals surface area contributed by atoms with Crippen molar-refractivity contribution in [2.24, 2.45) is 11.1 Å². The summed E-state index contributed by atoms with van der Waals surface area (Å²) >= 11 is 6.24. The zero-order valence-corrected chi connectivity index (χ0v) is 20.9. The lowest BCUT2D eigenvalue weighted by Gasteiger charge is -2.27. The van der Waals surface area contributed by atoms with E-state index >= 15 is 0 Å². The first-order chi connectivity index (χ1) is 16.9. The fourth-order valence-electron chi connectivity index (χ4n) is 5.25. The minimum atomic E-state index is -0.675. The van der Waals surface area contributed by atoms with Gasteiger partial charge in [-0.15, -0.1) is 0 Å². The van der Waals surface area contributed by atoms with Crippen molar-refractivity contribution in [3.05, 3.63) is 99.3 Å². The van der Waals surface area contributed by atoms with Gasteiger partial charge in [0.1, 0.15) is 0 Å². The normalized spacial score (nSPS) is 19.3. The Morgan fingerprint density at radius 1 is 1.06 bits per heavy atom. The summed E-state index contributed by atoms with van der Waals surface area (Å²) in [5, 5.41) is 23.6. The highest BCUT2D eigenvalue weighted by molar-refractivity contribution is 6.30. The summed E-state index contributed by atoms with van der Waals surface area (Å²) in [4.78, 5) is 15.6. The van der Waals surface area contributed by atoms with Crippen LogP contribution in [0.1, 0.15) is 77.5 Å². The molecule has 4 rings (SSSR count). The van der Waals surface area contributed by atoms with Crippen LogP contribution in [0.2, 0.25) is 5.02 Å². The number of nitrogens with zero attached hydrogens (tertiary/aromatic N) is 2. The van der Waals surface area contributed by atoms with E-state index < -0.39 is 5.97 Å². The molecular formula is C29H31ClN2O3. The molecule has 0 spiro atoms. The third-order valence-corrected chi connectivity index (χ3v) is 7.48. The first-order valence-electron chi connectivity index (χ1n) is 12.1. The van der Waals surface area contributed by atoms with Gasteiger partial charge < -0.3 is 10.3 Å². The molecule has 0 saturated heterocycles. The van der Waals surface area contributed by atoms with Crippen molar-refractivity contribution in [2.45, 2.75) is 57.8 Å². The Hall–Kier alpha value is -3.18. The molecule has 1 aliphatic rings. The highest BCUT2D eigenvalue weighted by Gasteiger charge is 2.27. The lowest BCUT2D eigenvalue weighted by molar-refractivity contribution is -0.142. The molecule has 2 N–H and O–H groups in total. The molecule has 6 heteroatoms. The van der Waals surface area contributed by atoms with E-state index in [0.717, 1.165) is 53.6 Å². The largest absolute Gasteiger partial charge is 0.481 e. The number of oxime groups is 1. The maximum atomic E-state index is 11.3. The summed E-state index contributed by atoms with van der Waals surface area (Å²) in [6.45, 7) is 3.97. The second-order valence-corrected chi connectivity index (χ2v) is 9.98. The molecule has 3 aromatic rings. The molecule has 0 amide bonds. The molecule has 1 aromatic heterocycles. The molecule has 1 heterocycles. The number of rotatable bonds is 7. The minimum absolute atomic E-state index is 0.0246. The van der Waals surface area contributed by atoms with Gasteiger partial charge in [-0.1, -0.05) is 47.1 Å². The number of hydrogen-bond acceptors (Lipinski definition) is 4. The van der Waals surface area contributed by atoms with Crippen LogP contribution in [0.5, 0.6) is 0 Å². The average molecular weight is 491 g/mol. The van der Waals surface area contributed by atoms with Crippen molar-refractivity contribution in [1.29, 1.82) is 0 Å². The maximum Gasteiger partial charge on any atom is 0.306 e. The fourth-order valence-corrected chi connectivity index (χ4v) is 5.47. The summed E-state index contributed by atoms with van der Waals surface area (Å²) in [6.07, 6.45) is 5.52. The van der Waals surface area contributed by atoms with Crippen molar-refractivity contribution in [3.8, 4) is 0 Å². The molecule has 1 unspecified atom stereocenters. The van der Waals surface area contributed by atoms with E-state index in [2.05, 4.69) is 47.4 Å². The zero-order chi connectivity index (χ0) is 24.9. The number of carboxylic acid groups (broad SMARTS) is 1. The van der Waals surface area contributed by atoms with E-state index in [0.29, 0.717) is 23.1 Å². The molecule has 1 fully saturated rings. The quantitative estimate of drug-likeness (QED) is 0.210. The number of carbonyl (C=O) groups is 1. The van der Waals surface area contributed by atoms with Crippen LogP contribution in [0.3, 0.4) is 0 Å². The van der Waals surface area contributed by atoms with Crippen molar-refractivity contribution in [3.63, 3.8) is 0 Å². The van der Waals surface area contributed by atoms with Crippen molar-refractivity contribution < 1.29 is 15.1 Å². The van der Waals surface area contributed by atoms with E-state index in [4.69, 9.17) is 11.6 Å². The topological polar surface area (TPSA) is 82.8 Å². The molecule has 5 nitrogen and oxygen atoms in total. The Morgan fingerprint density at radius 2 is 1.77 bits per heavy atom. The summed E-state index contributed by atoms with van der Waals surface area (Å²) in [6, 6.07) is 18.4. The Morgan fingerprint density at radius 3 is 2.37 bits per heavy atom. The molecule has 0 bridgehead atoms. The predicted octanol–water partition coefficient (Wildman–Crippen LogP) is 7.11.